The van der Waals surface area contributed by atoms with Crippen LogP contribution in [0.1, 0.15) is 65.7 Å². The fourth-order valence-corrected chi connectivity index (χ4v) is 5.13. The molecule has 1 heterocycles. The average Bonchev–Trinajstić information content (AvgIpc) is 3.28. The molecule has 1 fully saturated rings. The Kier molecular flexibility index (Phi) is 10.1. The number of carbonyl (C=O) groups excluding carboxylic acids is 1. The summed E-state index contributed by atoms with van der Waals surface area (Å²) in [4.78, 5) is 22.5. The highest BCUT2D eigenvalue weighted by atomic mass is 16.1. The Balaban J connectivity index is 1.97. The number of rotatable bonds is 8. The number of fused-ring (bicyclic) bond motifs is 1. The van der Waals surface area contributed by atoms with Gasteiger partial charge in [0, 0.05) is 19.5 Å². The van der Waals surface area contributed by atoms with Crippen LogP contribution in [0.2, 0.25) is 0 Å². The van der Waals surface area contributed by atoms with E-state index in [1.165, 1.54) is 24.0 Å². The SMILES string of the molecule is C=C/C(C)=C\C(C)/C(=C\C(=N/C)C1=CC(=O)CC2=CC=C(C3CCCC(=C)CC3)C=CC2=N1)C(=C)CC. The van der Waals surface area contributed by atoms with Crippen molar-refractivity contribution in [3.63, 3.8) is 0 Å². The molecule has 0 aromatic rings. The van der Waals surface area contributed by atoms with Gasteiger partial charge in [-0.05, 0) is 86.2 Å². The molecule has 0 N–H and O–H groups in total. The Hall–Kier alpha value is -3.33. The molecule has 0 aromatic carbocycles. The van der Waals surface area contributed by atoms with Crippen LogP contribution < -0.4 is 0 Å². The standard InChI is InChI=1S/C34H42N2O/c1-8-23(3)19-26(6)31(25(5)9-2)22-33(35-7)34-21-30(37)20-29-16-15-28(17-18-32(29)36-34)27-12-10-11-24(4)13-14-27/h8,15-19,21-22,26-27H,1,4-5,9-14,20H2,2-3,6-7H3/b23-19-,31-22-,35-33+. The maximum Gasteiger partial charge on any atom is 0.162 e. The molecular formula is C34H42N2O. The Morgan fingerprint density at radius 1 is 1.24 bits per heavy atom. The first kappa shape index (κ1) is 28.2. The van der Waals surface area contributed by atoms with Crippen LogP contribution in [0, 0.1) is 11.8 Å². The molecular weight excluding hydrogens is 452 g/mol. The fourth-order valence-electron chi connectivity index (χ4n) is 5.13. The summed E-state index contributed by atoms with van der Waals surface area (Å²) >= 11 is 0. The summed E-state index contributed by atoms with van der Waals surface area (Å²) in [6.45, 7) is 18.7. The van der Waals surface area contributed by atoms with Crippen molar-refractivity contribution in [2.45, 2.75) is 65.7 Å². The summed E-state index contributed by atoms with van der Waals surface area (Å²) in [5.41, 5.74) is 9.01. The summed E-state index contributed by atoms with van der Waals surface area (Å²) in [6.07, 6.45) is 23.2. The first-order chi connectivity index (χ1) is 17.7. The van der Waals surface area contributed by atoms with Gasteiger partial charge in [0.15, 0.2) is 5.78 Å². The van der Waals surface area contributed by atoms with Gasteiger partial charge in [-0.2, -0.15) is 0 Å². The van der Waals surface area contributed by atoms with Crippen molar-refractivity contribution in [3.05, 3.63) is 107 Å². The number of nitrogens with zero attached hydrogens (tertiary/aromatic N) is 2. The van der Waals surface area contributed by atoms with Gasteiger partial charge in [0.1, 0.15) is 0 Å². The molecule has 1 saturated carbocycles. The Labute approximate surface area is 224 Å². The van der Waals surface area contributed by atoms with Crippen molar-refractivity contribution in [2.24, 2.45) is 21.8 Å². The van der Waals surface area contributed by atoms with Gasteiger partial charge in [0.05, 0.1) is 17.1 Å². The van der Waals surface area contributed by atoms with E-state index in [1.807, 2.05) is 19.1 Å². The molecule has 2 atom stereocenters. The zero-order valence-corrected chi connectivity index (χ0v) is 23.1. The van der Waals surface area contributed by atoms with Crippen LogP contribution in [0.15, 0.2) is 117 Å². The Morgan fingerprint density at radius 2 is 2.03 bits per heavy atom. The number of hydrogen-bond acceptors (Lipinski definition) is 3. The van der Waals surface area contributed by atoms with Gasteiger partial charge in [-0.3, -0.25) is 9.79 Å². The number of hydrogen-bond donors (Lipinski definition) is 0. The monoisotopic (exact) mass is 494 g/mol. The maximum atomic E-state index is 13.0. The second-order valence-corrected chi connectivity index (χ2v) is 10.3. The molecule has 3 rings (SSSR count). The third-order valence-electron chi connectivity index (χ3n) is 7.50. The van der Waals surface area contributed by atoms with E-state index < -0.39 is 0 Å². The second-order valence-electron chi connectivity index (χ2n) is 10.3. The summed E-state index contributed by atoms with van der Waals surface area (Å²) in [6, 6.07) is 0. The predicted octanol–water partition coefficient (Wildman–Crippen LogP) is 8.58. The summed E-state index contributed by atoms with van der Waals surface area (Å²) in [5.74, 6) is 0.692. The lowest BCUT2D eigenvalue weighted by Gasteiger charge is -2.16. The summed E-state index contributed by atoms with van der Waals surface area (Å²) in [5, 5.41) is 0. The molecule has 1 aliphatic heterocycles. The molecule has 3 heteroatoms. The number of ketones is 1. The van der Waals surface area contributed by atoms with E-state index in [1.54, 1.807) is 13.1 Å². The minimum Gasteiger partial charge on any atom is -0.294 e. The molecule has 0 amide bonds. The quantitative estimate of drug-likeness (QED) is 0.144. The van der Waals surface area contributed by atoms with Crippen LogP contribution in [0.4, 0.5) is 0 Å². The average molecular weight is 495 g/mol. The molecule has 0 saturated heterocycles. The van der Waals surface area contributed by atoms with Crippen LogP contribution in [0.5, 0.6) is 0 Å². The highest BCUT2D eigenvalue weighted by molar-refractivity contribution is 6.20. The van der Waals surface area contributed by atoms with Crippen molar-refractivity contribution in [2.75, 3.05) is 7.05 Å². The molecule has 2 aliphatic carbocycles. The van der Waals surface area contributed by atoms with Gasteiger partial charge in [-0.1, -0.05) is 80.7 Å². The van der Waals surface area contributed by atoms with E-state index in [0.29, 0.717) is 23.7 Å². The highest BCUT2D eigenvalue weighted by Gasteiger charge is 2.22. The lowest BCUT2D eigenvalue weighted by molar-refractivity contribution is -0.113. The van der Waals surface area contributed by atoms with Crippen LogP contribution in [-0.4, -0.2) is 24.3 Å². The molecule has 37 heavy (non-hydrogen) atoms. The summed E-state index contributed by atoms with van der Waals surface area (Å²) < 4.78 is 0. The van der Waals surface area contributed by atoms with Crippen molar-refractivity contribution in [1.29, 1.82) is 0 Å². The van der Waals surface area contributed by atoms with Gasteiger partial charge in [-0.15, -0.1) is 0 Å². The Morgan fingerprint density at radius 3 is 2.73 bits per heavy atom. The summed E-state index contributed by atoms with van der Waals surface area (Å²) in [7, 11) is 1.75. The van der Waals surface area contributed by atoms with E-state index in [4.69, 9.17) is 4.99 Å². The van der Waals surface area contributed by atoms with Gasteiger partial charge < -0.3 is 0 Å². The molecule has 2 unspecified atom stereocenters. The van der Waals surface area contributed by atoms with E-state index in [2.05, 4.69) is 69.0 Å². The number of aliphatic imine (C=N–C) groups is 2. The van der Waals surface area contributed by atoms with Crippen molar-refractivity contribution < 1.29 is 4.79 Å². The number of allylic oxidation sites excluding steroid dienone is 14. The third-order valence-corrected chi connectivity index (χ3v) is 7.50. The topological polar surface area (TPSA) is 41.8 Å². The van der Waals surface area contributed by atoms with Gasteiger partial charge in [0.2, 0.25) is 0 Å². The lowest BCUT2D eigenvalue weighted by Crippen LogP contribution is -2.07. The second kappa shape index (κ2) is 13.3. The molecule has 3 nitrogen and oxygen atoms in total. The molecule has 0 radical (unpaired) electrons. The predicted molar refractivity (Wildman–Crippen MR) is 160 cm³/mol. The molecule has 0 spiro atoms. The van der Waals surface area contributed by atoms with E-state index in [-0.39, 0.29) is 11.7 Å². The van der Waals surface area contributed by atoms with Crippen LogP contribution >= 0.6 is 0 Å². The molecule has 0 bridgehead atoms. The minimum absolute atomic E-state index is 0.0388. The van der Waals surface area contributed by atoms with Crippen LogP contribution in [0.3, 0.4) is 0 Å². The van der Waals surface area contributed by atoms with Gasteiger partial charge in [0.25, 0.3) is 0 Å². The molecule has 3 aliphatic rings. The van der Waals surface area contributed by atoms with Crippen LogP contribution in [-0.2, 0) is 4.79 Å². The maximum absolute atomic E-state index is 13.0. The zero-order valence-electron chi connectivity index (χ0n) is 23.1. The van der Waals surface area contributed by atoms with Crippen molar-refractivity contribution in [1.82, 2.24) is 0 Å². The van der Waals surface area contributed by atoms with E-state index >= 15 is 0 Å². The largest absolute Gasteiger partial charge is 0.294 e. The van der Waals surface area contributed by atoms with Crippen molar-refractivity contribution >= 4 is 17.2 Å². The highest BCUT2D eigenvalue weighted by Crippen LogP contribution is 2.33. The van der Waals surface area contributed by atoms with E-state index in [9.17, 15) is 4.79 Å². The zero-order chi connectivity index (χ0) is 26.9. The first-order valence-corrected chi connectivity index (χ1v) is 13.5. The molecule has 0 aromatic heterocycles. The Bertz CT molecular complexity index is 1210. The first-order valence-electron chi connectivity index (χ1n) is 13.5. The lowest BCUT2D eigenvalue weighted by atomic mass is 9.90. The van der Waals surface area contributed by atoms with E-state index in [0.717, 1.165) is 53.7 Å². The number of carbonyl (C=O) groups is 1. The molecule has 194 valence electrons. The van der Waals surface area contributed by atoms with Crippen molar-refractivity contribution in [3.8, 4) is 0 Å². The smallest absolute Gasteiger partial charge is 0.162 e. The minimum atomic E-state index is 0.0388. The third kappa shape index (κ3) is 7.58. The normalized spacial score (nSPS) is 22.5. The van der Waals surface area contributed by atoms with Crippen LogP contribution in [0.25, 0.3) is 0 Å². The fraction of sp³-hybridized carbons (Fsp3) is 0.382. The van der Waals surface area contributed by atoms with Gasteiger partial charge in [-0.25, -0.2) is 4.99 Å². The van der Waals surface area contributed by atoms with Gasteiger partial charge >= 0.3 is 0 Å².